The molecule has 0 aliphatic heterocycles. The van der Waals surface area contributed by atoms with Gasteiger partial charge >= 0.3 is 0 Å². The van der Waals surface area contributed by atoms with Gasteiger partial charge in [0.1, 0.15) is 5.01 Å². The predicted molar refractivity (Wildman–Crippen MR) is 70.6 cm³/mol. The summed E-state index contributed by atoms with van der Waals surface area (Å²) in [5.74, 6) is 0.596. The minimum absolute atomic E-state index is 0.394. The molecule has 2 atom stereocenters. The van der Waals surface area contributed by atoms with Crippen LogP contribution < -0.4 is 11.1 Å². The van der Waals surface area contributed by atoms with Crippen LogP contribution in [0.15, 0.2) is 11.6 Å². The van der Waals surface area contributed by atoms with Crippen LogP contribution in [0.25, 0.3) is 0 Å². The Hall–Kier alpha value is -0.450. The van der Waals surface area contributed by atoms with Gasteiger partial charge < -0.3 is 11.1 Å². The molecule has 0 fully saturated rings. The van der Waals surface area contributed by atoms with Crippen molar-refractivity contribution in [3.63, 3.8) is 0 Å². The first-order valence-electron chi connectivity index (χ1n) is 6.14. The lowest BCUT2D eigenvalue weighted by atomic mass is 10.0. The number of thiazole rings is 1. The van der Waals surface area contributed by atoms with E-state index >= 15 is 0 Å². The molecule has 0 spiro atoms. The third-order valence-electron chi connectivity index (χ3n) is 2.84. The second-order valence-corrected chi connectivity index (χ2v) is 5.06. The Morgan fingerprint density at radius 2 is 2.31 bits per heavy atom. The van der Waals surface area contributed by atoms with Crippen LogP contribution in [0.2, 0.25) is 0 Å². The van der Waals surface area contributed by atoms with E-state index in [1.165, 1.54) is 17.8 Å². The lowest BCUT2D eigenvalue weighted by Crippen LogP contribution is -2.31. The van der Waals surface area contributed by atoms with Crippen LogP contribution in [-0.4, -0.2) is 18.1 Å². The summed E-state index contributed by atoms with van der Waals surface area (Å²) in [5, 5.41) is 6.80. The fourth-order valence-corrected chi connectivity index (χ4v) is 2.63. The summed E-state index contributed by atoms with van der Waals surface area (Å²) in [7, 11) is 0. The number of nitrogens with one attached hydrogen (secondary N) is 1. The second kappa shape index (κ2) is 7.76. The molecule has 16 heavy (non-hydrogen) atoms. The van der Waals surface area contributed by atoms with Crippen LogP contribution in [0, 0.1) is 5.92 Å². The summed E-state index contributed by atoms with van der Waals surface area (Å²) in [6.07, 6.45) is 5.36. The Balaban J connectivity index is 2.39. The smallest absolute Gasteiger partial charge is 0.109 e. The van der Waals surface area contributed by atoms with E-state index < -0.39 is 0 Å². The molecular weight excluding hydrogens is 218 g/mol. The number of hydrogen-bond donors (Lipinski definition) is 2. The van der Waals surface area contributed by atoms with Gasteiger partial charge in [-0.05, 0) is 31.8 Å². The van der Waals surface area contributed by atoms with Crippen LogP contribution in [-0.2, 0) is 0 Å². The number of hydrogen-bond acceptors (Lipinski definition) is 4. The van der Waals surface area contributed by atoms with Gasteiger partial charge in [-0.1, -0.05) is 20.3 Å². The van der Waals surface area contributed by atoms with E-state index in [-0.39, 0.29) is 0 Å². The highest BCUT2D eigenvalue weighted by atomic mass is 32.1. The van der Waals surface area contributed by atoms with Gasteiger partial charge in [-0.3, -0.25) is 0 Å². The van der Waals surface area contributed by atoms with Crippen molar-refractivity contribution < 1.29 is 0 Å². The lowest BCUT2D eigenvalue weighted by Gasteiger charge is -2.19. The average molecular weight is 241 g/mol. The maximum Gasteiger partial charge on any atom is 0.109 e. The Morgan fingerprint density at radius 3 is 2.81 bits per heavy atom. The molecule has 0 radical (unpaired) electrons. The van der Waals surface area contributed by atoms with E-state index in [1.54, 1.807) is 11.3 Å². The molecule has 0 aliphatic rings. The topological polar surface area (TPSA) is 50.9 Å². The third kappa shape index (κ3) is 4.20. The average Bonchev–Trinajstić information content (AvgIpc) is 2.82. The molecule has 1 aromatic heterocycles. The maximum absolute atomic E-state index is 5.75. The summed E-state index contributed by atoms with van der Waals surface area (Å²) in [5.41, 5.74) is 5.75. The van der Waals surface area contributed by atoms with Gasteiger partial charge in [0.2, 0.25) is 0 Å². The summed E-state index contributed by atoms with van der Waals surface area (Å²) >= 11 is 1.72. The van der Waals surface area contributed by atoms with E-state index in [0.29, 0.717) is 12.0 Å². The fourth-order valence-electron chi connectivity index (χ4n) is 1.83. The highest BCUT2D eigenvalue weighted by Crippen LogP contribution is 2.19. The first kappa shape index (κ1) is 13.6. The maximum atomic E-state index is 5.75. The Kier molecular flexibility index (Phi) is 6.61. The zero-order valence-corrected chi connectivity index (χ0v) is 11.1. The standard InChI is InChI=1S/C12H23N3S/c1-3-5-10(8-13)9-15-11(4-2)12-14-6-7-16-12/h6-7,10-11,15H,3-5,8-9,13H2,1-2H3. The third-order valence-corrected chi connectivity index (χ3v) is 3.73. The molecule has 0 saturated carbocycles. The first-order chi connectivity index (χ1) is 7.81. The quantitative estimate of drug-likeness (QED) is 0.735. The molecule has 3 nitrogen and oxygen atoms in total. The van der Waals surface area contributed by atoms with E-state index in [1.807, 2.05) is 11.6 Å². The summed E-state index contributed by atoms with van der Waals surface area (Å²) < 4.78 is 0. The summed E-state index contributed by atoms with van der Waals surface area (Å²) in [6, 6.07) is 0.394. The van der Waals surface area contributed by atoms with Crippen LogP contribution in [0.3, 0.4) is 0 Å². The zero-order chi connectivity index (χ0) is 11.8. The molecule has 4 heteroatoms. The number of aromatic nitrogens is 1. The van der Waals surface area contributed by atoms with Gasteiger partial charge in [-0.25, -0.2) is 4.98 Å². The van der Waals surface area contributed by atoms with Gasteiger partial charge in [-0.15, -0.1) is 11.3 Å². The Morgan fingerprint density at radius 1 is 1.50 bits per heavy atom. The van der Waals surface area contributed by atoms with Gasteiger partial charge in [0.15, 0.2) is 0 Å². The van der Waals surface area contributed by atoms with Crippen molar-refractivity contribution in [1.29, 1.82) is 0 Å². The molecule has 1 heterocycles. The molecule has 1 rings (SSSR count). The molecule has 0 saturated heterocycles. The van der Waals surface area contributed by atoms with Crippen LogP contribution in [0.1, 0.15) is 44.2 Å². The Labute approximate surface area is 102 Å². The largest absolute Gasteiger partial charge is 0.330 e. The van der Waals surface area contributed by atoms with Crippen molar-refractivity contribution in [2.75, 3.05) is 13.1 Å². The molecule has 92 valence electrons. The van der Waals surface area contributed by atoms with Crippen molar-refractivity contribution in [2.24, 2.45) is 11.7 Å². The number of nitrogens with zero attached hydrogens (tertiary/aromatic N) is 1. The van der Waals surface area contributed by atoms with Crippen molar-refractivity contribution in [3.8, 4) is 0 Å². The molecule has 3 N–H and O–H groups in total. The molecule has 0 aromatic carbocycles. The molecular formula is C12H23N3S. The van der Waals surface area contributed by atoms with Crippen molar-refractivity contribution in [3.05, 3.63) is 16.6 Å². The molecule has 0 amide bonds. The summed E-state index contributed by atoms with van der Waals surface area (Å²) in [6.45, 7) is 6.18. The SMILES string of the molecule is CCCC(CN)CNC(CC)c1nccs1. The summed E-state index contributed by atoms with van der Waals surface area (Å²) in [4.78, 5) is 4.36. The highest BCUT2D eigenvalue weighted by molar-refractivity contribution is 7.09. The minimum atomic E-state index is 0.394. The van der Waals surface area contributed by atoms with Crippen LogP contribution in [0.5, 0.6) is 0 Å². The van der Waals surface area contributed by atoms with Gasteiger partial charge in [0.25, 0.3) is 0 Å². The van der Waals surface area contributed by atoms with E-state index in [9.17, 15) is 0 Å². The van der Waals surface area contributed by atoms with E-state index in [2.05, 4.69) is 24.1 Å². The lowest BCUT2D eigenvalue weighted by molar-refractivity contribution is 0.407. The first-order valence-corrected chi connectivity index (χ1v) is 7.02. The van der Waals surface area contributed by atoms with Gasteiger partial charge in [0, 0.05) is 11.6 Å². The van der Waals surface area contributed by atoms with Crippen molar-refractivity contribution >= 4 is 11.3 Å². The molecule has 2 unspecified atom stereocenters. The van der Waals surface area contributed by atoms with Gasteiger partial charge in [0.05, 0.1) is 6.04 Å². The van der Waals surface area contributed by atoms with Crippen molar-refractivity contribution in [2.45, 2.75) is 39.2 Å². The number of nitrogens with two attached hydrogens (primary N) is 1. The van der Waals surface area contributed by atoms with E-state index in [4.69, 9.17) is 5.73 Å². The van der Waals surface area contributed by atoms with Crippen LogP contribution >= 0.6 is 11.3 Å². The monoisotopic (exact) mass is 241 g/mol. The number of rotatable bonds is 8. The fraction of sp³-hybridized carbons (Fsp3) is 0.750. The zero-order valence-electron chi connectivity index (χ0n) is 10.3. The predicted octanol–water partition coefficient (Wildman–Crippen LogP) is 2.56. The van der Waals surface area contributed by atoms with Crippen LogP contribution in [0.4, 0.5) is 0 Å². The normalized spacial score (nSPS) is 14.9. The molecule has 0 bridgehead atoms. The second-order valence-electron chi connectivity index (χ2n) is 4.13. The molecule has 0 aliphatic carbocycles. The highest BCUT2D eigenvalue weighted by Gasteiger charge is 2.13. The van der Waals surface area contributed by atoms with Crippen molar-refractivity contribution in [1.82, 2.24) is 10.3 Å². The minimum Gasteiger partial charge on any atom is -0.330 e. The Bertz CT molecular complexity index is 261. The molecule has 1 aromatic rings. The van der Waals surface area contributed by atoms with Gasteiger partial charge in [-0.2, -0.15) is 0 Å². The van der Waals surface area contributed by atoms with E-state index in [0.717, 1.165) is 19.5 Å².